The molecule has 2 nitrogen and oxygen atoms in total. The Morgan fingerprint density at radius 2 is 2.47 bits per heavy atom. The number of aromatic nitrogens is 1. The molecule has 1 atom stereocenters. The second-order valence-corrected chi connectivity index (χ2v) is 5.74. The van der Waals surface area contributed by atoms with Crippen molar-refractivity contribution in [2.75, 3.05) is 0 Å². The topological polar surface area (TPSA) is 24.9 Å². The van der Waals surface area contributed by atoms with Gasteiger partial charge in [0.25, 0.3) is 0 Å². The van der Waals surface area contributed by atoms with E-state index in [4.69, 9.17) is 0 Å². The summed E-state index contributed by atoms with van der Waals surface area (Å²) in [6.45, 7) is 3.00. The molecule has 0 fully saturated rings. The van der Waals surface area contributed by atoms with Crippen LogP contribution in [0.4, 0.5) is 0 Å². The van der Waals surface area contributed by atoms with Crippen LogP contribution in [0.5, 0.6) is 0 Å². The Kier molecular flexibility index (Phi) is 3.91. The summed E-state index contributed by atoms with van der Waals surface area (Å²) in [4.78, 5) is 5.58. The lowest BCUT2D eigenvalue weighted by molar-refractivity contribution is 0.575. The monoisotopic (exact) mass is 302 g/mol. The zero-order chi connectivity index (χ0) is 10.7. The Labute approximate surface area is 106 Å². The molecule has 2 aromatic rings. The van der Waals surface area contributed by atoms with Crippen LogP contribution < -0.4 is 5.32 Å². The molecule has 5 heteroatoms. The van der Waals surface area contributed by atoms with Gasteiger partial charge in [0.2, 0.25) is 0 Å². The summed E-state index contributed by atoms with van der Waals surface area (Å²) in [6.07, 6.45) is 0. The minimum Gasteiger partial charge on any atom is -0.304 e. The SMILES string of the molecule is CC(NCc1cscn1)c1sccc1Br. The summed E-state index contributed by atoms with van der Waals surface area (Å²) in [5.41, 5.74) is 2.97. The molecule has 1 N–H and O–H groups in total. The third-order valence-electron chi connectivity index (χ3n) is 2.11. The molecule has 0 saturated heterocycles. The Bertz CT molecular complexity index is 411. The first-order chi connectivity index (χ1) is 7.27. The van der Waals surface area contributed by atoms with Gasteiger partial charge in [-0.1, -0.05) is 0 Å². The number of thiophene rings is 1. The molecule has 0 amide bonds. The summed E-state index contributed by atoms with van der Waals surface area (Å²) in [6, 6.07) is 2.45. The number of nitrogens with one attached hydrogen (secondary N) is 1. The van der Waals surface area contributed by atoms with Crippen LogP contribution in [0.1, 0.15) is 23.5 Å². The first-order valence-corrected chi connectivity index (χ1v) is 7.22. The van der Waals surface area contributed by atoms with Crippen LogP contribution >= 0.6 is 38.6 Å². The van der Waals surface area contributed by atoms with Gasteiger partial charge in [-0.25, -0.2) is 4.98 Å². The molecule has 0 aliphatic rings. The second-order valence-electron chi connectivity index (χ2n) is 3.22. The van der Waals surface area contributed by atoms with E-state index in [1.54, 1.807) is 22.7 Å². The van der Waals surface area contributed by atoms with Gasteiger partial charge >= 0.3 is 0 Å². The van der Waals surface area contributed by atoms with Gasteiger partial charge in [0.1, 0.15) is 0 Å². The third-order valence-corrected chi connectivity index (χ3v) is 4.80. The van der Waals surface area contributed by atoms with Crippen molar-refractivity contribution in [1.82, 2.24) is 10.3 Å². The fraction of sp³-hybridized carbons (Fsp3) is 0.300. The van der Waals surface area contributed by atoms with E-state index in [2.05, 4.69) is 50.0 Å². The molecule has 0 radical (unpaired) electrons. The first kappa shape index (κ1) is 11.3. The smallest absolute Gasteiger partial charge is 0.0795 e. The maximum absolute atomic E-state index is 4.24. The van der Waals surface area contributed by atoms with Crippen molar-refractivity contribution in [3.63, 3.8) is 0 Å². The van der Waals surface area contributed by atoms with Crippen molar-refractivity contribution in [3.05, 3.63) is 37.4 Å². The summed E-state index contributed by atoms with van der Waals surface area (Å²) >= 11 is 6.94. The highest BCUT2D eigenvalue weighted by Crippen LogP contribution is 2.28. The molecule has 80 valence electrons. The largest absolute Gasteiger partial charge is 0.304 e. The molecule has 2 rings (SSSR count). The molecule has 0 aromatic carbocycles. The lowest BCUT2D eigenvalue weighted by Gasteiger charge is -2.11. The maximum Gasteiger partial charge on any atom is 0.0795 e. The van der Waals surface area contributed by atoms with E-state index >= 15 is 0 Å². The van der Waals surface area contributed by atoms with Crippen molar-refractivity contribution < 1.29 is 0 Å². The number of hydrogen-bond acceptors (Lipinski definition) is 4. The van der Waals surface area contributed by atoms with Gasteiger partial charge in [-0.05, 0) is 34.3 Å². The zero-order valence-corrected chi connectivity index (χ0v) is 11.5. The highest BCUT2D eigenvalue weighted by atomic mass is 79.9. The lowest BCUT2D eigenvalue weighted by atomic mass is 10.2. The Balaban J connectivity index is 1.93. The van der Waals surface area contributed by atoms with E-state index in [1.807, 2.05) is 5.51 Å². The minimum absolute atomic E-state index is 0.362. The highest BCUT2D eigenvalue weighted by Gasteiger charge is 2.10. The third kappa shape index (κ3) is 2.87. The van der Waals surface area contributed by atoms with Gasteiger partial charge in [0.05, 0.1) is 11.2 Å². The predicted molar refractivity (Wildman–Crippen MR) is 69.4 cm³/mol. The first-order valence-electron chi connectivity index (χ1n) is 4.60. The highest BCUT2D eigenvalue weighted by molar-refractivity contribution is 9.10. The van der Waals surface area contributed by atoms with E-state index in [-0.39, 0.29) is 0 Å². The molecule has 15 heavy (non-hydrogen) atoms. The summed E-state index contributed by atoms with van der Waals surface area (Å²) in [5, 5.41) is 7.62. The number of halogens is 1. The average Bonchev–Trinajstić information content (AvgIpc) is 2.84. The molecule has 0 saturated carbocycles. The van der Waals surface area contributed by atoms with Crippen molar-refractivity contribution >= 4 is 38.6 Å². The van der Waals surface area contributed by atoms with Gasteiger partial charge < -0.3 is 5.32 Å². The van der Waals surface area contributed by atoms with Crippen LogP contribution in [0, 0.1) is 0 Å². The molecule has 0 bridgehead atoms. The quantitative estimate of drug-likeness (QED) is 0.929. The van der Waals surface area contributed by atoms with Crippen LogP contribution in [-0.2, 0) is 6.54 Å². The van der Waals surface area contributed by atoms with Crippen LogP contribution in [0.3, 0.4) is 0 Å². The number of rotatable bonds is 4. The molecule has 2 heterocycles. The molecule has 0 aliphatic heterocycles. The molecular weight excluding hydrogens is 292 g/mol. The van der Waals surface area contributed by atoms with Gasteiger partial charge in [0.15, 0.2) is 0 Å². The number of thiazole rings is 1. The van der Waals surface area contributed by atoms with Crippen LogP contribution in [0.25, 0.3) is 0 Å². The molecule has 0 spiro atoms. The predicted octanol–water partition coefficient (Wildman–Crippen LogP) is 3.82. The minimum atomic E-state index is 0.362. The fourth-order valence-corrected chi connectivity index (χ4v) is 3.60. The molecule has 0 aliphatic carbocycles. The van der Waals surface area contributed by atoms with E-state index < -0.39 is 0 Å². The lowest BCUT2D eigenvalue weighted by Crippen LogP contribution is -2.17. The fourth-order valence-electron chi connectivity index (χ4n) is 1.29. The standard InChI is InChI=1S/C10H11BrN2S2/c1-7(10-9(11)2-3-15-10)12-4-8-5-14-6-13-8/h2-3,5-7,12H,4H2,1H3. The Hall–Kier alpha value is -0.230. The van der Waals surface area contributed by atoms with Crippen molar-refractivity contribution in [2.45, 2.75) is 19.5 Å². The summed E-state index contributed by atoms with van der Waals surface area (Å²) in [5.74, 6) is 0. The summed E-state index contributed by atoms with van der Waals surface area (Å²) < 4.78 is 1.19. The zero-order valence-electron chi connectivity index (χ0n) is 8.24. The van der Waals surface area contributed by atoms with Crippen molar-refractivity contribution in [3.8, 4) is 0 Å². The van der Waals surface area contributed by atoms with E-state index in [9.17, 15) is 0 Å². The van der Waals surface area contributed by atoms with E-state index in [0.717, 1.165) is 12.2 Å². The van der Waals surface area contributed by atoms with Crippen molar-refractivity contribution in [2.24, 2.45) is 0 Å². The van der Waals surface area contributed by atoms with Gasteiger partial charge in [-0.2, -0.15) is 0 Å². The molecule has 2 aromatic heterocycles. The molecule has 1 unspecified atom stereocenters. The van der Waals surface area contributed by atoms with Gasteiger partial charge in [0, 0.05) is 27.3 Å². The van der Waals surface area contributed by atoms with Crippen LogP contribution in [0.2, 0.25) is 0 Å². The second kappa shape index (κ2) is 5.21. The molecular formula is C10H11BrN2S2. The van der Waals surface area contributed by atoms with Crippen LogP contribution in [0.15, 0.2) is 26.8 Å². The normalized spacial score (nSPS) is 12.9. The Morgan fingerprint density at radius 3 is 3.07 bits per heavy atom. The number of hydrogen-bond donors (Lipinski definition) is 1. The Morgan fingerprint density at radius 1 is 1.60 bits per heavy atom. The van der Waals surface area contributed by atoms with Gasteiger partial charge in [-0.15, -0.1) is 22.7 Å². The average molecular weight is 303 g/mol. The van der Waals surface area contributed by atoms with Crippen LogP contribution in [-0.4, -0.2) is 4.98 Å². The number of nitrogens with zero attached hydrogens (tertiary/aromatic N) is 1. The van der Waals surface area contributed by atoms with Gasteiger partial charge in [-0.3, -0.25) is 0 Å². The van der Waals surface area contributed by atoms with Crippen molar-refractivity contribution in [1.29, 1.82) is 0 Å². The van der Waals surface area contributed by atoms with E-state index in [1.165, 1.54) is 9.35 Å². The summed E-state index contributed by atoms with van der Waals surface area (Å²) in [7, 11) is 0. The maximum atomic E-state index is 4.24. The van der Waals surface area contributed by atoms with E-state index in [0.29, 0.717) is 6.04 Å².